The third kappa shape index (κ3) is 2.27. The summed E-state index contributed by atoms with van der Waals surface area (Å²) < 4.78 is 2.09. The van der Waals surface area contributed by atoms with Gasteiger partial charge in [-0.2, -0.15) is 0 Å². The Kier molecular flexibility index (Phi) is 3.08. The highest BCUT2D eigenvalue weighted by molar-refractivity contribution is 7.80. The first-order valence-corrected chi connectivity index (χ1v) is 7.23. The van der Waals surface area contributed by atoms with Crippen molar-refractivity contribution in [3.63, 3.8) is 0 Å². The second-order valence-electron chi connectivity index (χ2n) is 4.46. The topological polar surface area (TPSA) is 43.3 Å². The molecule has 3 rings (SSSR count). The van der Waals surface area contributed by atoms with E-state index in [2.05, 4.69) is 35.0 Å². The average Bonchev–Trinajstić information content (AvgIpc) is 2.97. The van der Waals surface area contributed by atoms with E-state index in [0.29, 0.717) is 11.4 Å². The van der Waals surface area contributed by atoms with Gasteiger partial charge in [-0.25, -0.2) is 4.98 Å². The van der Waals surface area contributed by atoms with Crippen molar-refractivity contribution in [2.75, 3.05) is 0 Å². The van der Waals surface area contributed by atoms with E-state index in [1.807, 2.05) is 12.1 Å². The van der Waals surface area contributed by atoms with Gasteiger partial charge in [0.2, 0.25) is 0 Å². The third-order valence-electron chi connectivity index (χ3n) is 2.96. The Labute approximate surface area is 120 Å². The molecule has 0 atom stereocenters. The van der Waals surface area contributed by atoms with E-state index >= 15 is 0 Å². The van der Waals surface area contributed by atoms with E-state index in [4.69, 9.17) is 22.9 Å². The summed E-state index contributed by atoms with van der Waals surface area (Å²) in [6, 6.07) is 8.18. The fraction of sp³-hybridized carbons (Fsp3) is 0.143. The number of nitrogens with two attached hydrogens (primary N) is 1. The Morgan fingerprint density at radius 1 is 1.42 bits per heavy atom. The molecular formula is C14H13N3S2. The summed E-state index contributed by atoms with van der Waals surface area (Å²) in [5.41, 5.74) is 9.89. The molecule has 0 aliphatic rings. The van der Waals surface area contributed by atoms with Crippen LogP contribution in [0.1, 0.15) is 11.3 Å². The molecule has 3 heterocycles. The van der Waals surface area contributed by atoms with Crippen LogP contribution in [0.3, 0.4) is 0 Å². The summed E-state index contributed by atoms with van der Waals surface area (Å²) >= 11 is 6.75. The van der Waals surface area contributed by atoms with Crippen LogP contribution in [-0.4, -0.2) is 14.4 Å². The van der Waals surface area contributed by atoms with E-state index in [0.717, 1.165) is 21.9 Å². The van der Waals surface area contributed by atoms with Gasteiger partial charge in [-0.05, 0) is 30.0 Å². The average molecular weight is 287 g/mol. The third-order valence-corrected chi connectivity index (χ3v) is 3.98. The number of nitrogens with zero attached hydrogens (tertiary/aromatic N) is 2. The van der Waals surface area contributed by atoms with Gasteiger partial charge in [-0.15, -0.1) is 11.3 Å². The van der Waals surface area contributed by atoms with Crippen LogP contribution in [0.5, 0.6) is 0 Å². The lowest BCUT2D eigenvalue weighted by molar-refractivity contribution is 1.06. The zero-order valence-corrected chi connectivity index (χ0v) is 12.1. The Bertz CT molecular complexity index is 741. The van der Waals surface area contributed by atoms with Crippen molar-refractivity contribution in [1.82, 2.24) is 9.38 Å². The van der Waals surface area contributed by atoms with E-state index < -0.39 is 0 Å². The van der Waals surface area contributed by atoms with E-state index in [9.17, 15) is 0 Å². The molecule has 3 aromatic heterocycles. The lowest BCUT2D eigenvalue weighted by Gasteiger charge is -2.03. The Hall–Kier alpha value is -1.72. The molecule has 3 aromatic rings. The Morgan fingerprint density at radius 2 is 2.26 bits per heavy atom. The molecule has 0 unspecified atom stereocenters. The molecule has 0 spiro atoms. The highest BCUT2D eigenvalue weighted by Crippen LogP contribution is 2.28. The van der Waals surface area contributed by atoms with Gasteiger partial charge in [0.05, 0.1) is 15.6 Å². The predicted molar refractivity (Wildman–Crippen MR) is 83.7 cm³/mol. The minimum absolute atomic E-state index is 0.487. The minimum Gasteiger partial charge on any atom is -0.393 e. The first kappa shape index (κ1) is 12.3. The van der Waals surface area contributed by atoms with Crippen LogP contribution in [0.25, 0.3) is 16.2 Å². The summed E-state index contributed by atoms with van der Waals surface area (Å²) in [5.74, 6) is 0. The summed E-state index contributed by atoms with van der Waals surface area (Å²) in [6.45, 7) is 2.06. The monoisotopic (exact) mass is 287 g/mol. The maximum absolute atomic E-state index is 5.73. The number of hydrogen-bond acceptors (Lipinski definition) is 3. The second-order valence-corrected chi connectivity index (χ2v) is 5.93. The number of thiocarbonyl (C=S) groups is 1. The zero-order valence-electron chi connectivity index (χ0n) is 10.5. The van der Waals surface area contributed by atoms with Crippen molar-refractivity contribution >= 4 is 34.2 Å². The normalized spacial score (nSPS) is 11.0. The van der Waals surface area contributed by atoms with Gasteiger partial charge in [-0.1, -0.05) is 24.4 Å². The molecule has 2 N–H and O–H groups in total. The minimum atomic E-state index is 0.487. The van der Waals surface area contributed by atoms with Gasteiger partial charge in [0.25, 0.3) is 0 Å². The van der Waals surface area contributed by atoms with E-state index in [-0.39, 0.29) is 0 Å². The molecular weight excluding hydrogens is 274 g/mol. The summed E-state index contributed by atoms with van der Waals surface area (Å²) in [7, 11) is 0. The molecule has 0 saturated heterocycles. The van der Waals surface area contributed by atoms with Gasteiger partial charge in [0.1, 0.15) is 11.3 Å². The number of rotatable bonds is 3. The quantitative estimate of drug-likeness (QED) is 0.752. The first-order valence-electron chi connectivity index (χ1n) is 5.95. The SMILES string of the molecule is Cc1ccc2nc(-c3cccs3)c(CC(N)=S)n2c1. The fourth-order valence-electron chi connectivity index (χ4n) is 2.14. The first-order chi connectivity index (χ1) is 9.15. The van der Waals surface area contributed by atoms with Gasteiger partial charge < -0.3 is 10.1 Å². The molecule has 3 nitrogen and oxygen atoms in total. The van der Waals surface area contributed by atoms with E-state index in [1.54, 1.807) is 11.3 Å². The maximum atomic E-state index is 5.73. The van der Waals surface area contributed by atoms with Crippen LogP contribution in [0, 0.1) is 6.92 Å². The van der Waals surface area contributed by atoms with Crippen molar-refractivity contribution < 1.29 is 0 Å². The fourth-order valence-corrected chi connectivity index (χ4v) is 3.02. The second kappa shape index (κ2) is 4.75. The van der Waals surface area contributed by atoms with Crippen molar-refractivity contribution in [2.45, 2.75) is 13.3 Å². The lowest BCUT2D eigenvalue weighted by atomic mass is 10.2. The van der Waals surface area contributed by atoms with Crippen LogP contribution >= 0.6 is 23.6 Å². The van der Waals surface area contributed by atoms with Crippen LogP contribution in [0.15, 0.2) is 35.8 Å². The van der Waals surface area contributed by atoms with E-state index in [1.165, 1.54) is 5.56 Å². The van der Waals surface area contributed by atoms with Crippen molar-refractivity contribution in [1.29, 1.82) is 0 Å². The molecule has 5 heteroatoms. The number of pyridine rings is 1. The smallest absolute Gasteiger partial charge is 0.137 e. The largest absolute Gasteiger partial charge is 0.393 e. The molecule has 0 fully saturated rings. The van der Waals surface area contributed by atoms with Crippen LogP contribution in [0.2, 0.25) is 0 Å². The van der Waals surface area contributed by atoms with Gasteiger partial charge in [0.15, 0.2) is 0 Å². The van der Waals surface area contributed by atoms with Crippen LogP contribution < -0.4 is 5.73 Å². The lowest BCUT2D eigenvalue weighted by Crippen LogP contribution is -2.13. The molecule has 19 heavy (non-hydrogen) atoms. The number of aryl methyl sites for hydroxylation is 1. The van der Waals surface area contributed by atoms with Crippen LogP contribution in [0.4, 0.5) is 0 Å². The highest BCUT2D eigenvalue weighted by atomic mass is 32.1. The van der Waals surface area contributed by atoms with Gasteiger partial charge in [0, 0.05) is 12.6 Å². The Balaban J connectivity index is 2.28. The molecule has 0 amide bonds. The highest BCUT2D eigenvalue weighted by Gasteiger charge is 2.15. The standard InChI is InChI=1S/C14H13N3S2/c1-9-4-5-13-16-14(11-3-2-6-19-11)10(7-12(15)18)17(13)8-9/h2-6,8H,7H2,1H3,(H2,15,18). The zero-order chi connectivity index (χ0) is 13.4. The summed E-state index contributed by atoms with van der Waals surface area (Å²) in [5, 5.41) is 2.05. The molecule has 0 aromatic carbocycles. The molecule has 0 bridgehead atoms. The Morgan fingerprint density at radius 3 is 2.95 bits per heavy atom. The van der Waals surface area contributed by atoms with Crippen molar-refractivity contribution in [3.05, 3.63) is 47.1 Å². The van der Waals surface area contributed by atoms with Crippen molar-refractivity contribution in [3.8, 4) is 10.6 Å². The predicted octanol–water partition coefficient (Wildman–Crippen LogP) is 3.20. The number of fused-ring (bicyclic) bond motifs is 1. The number of imidazole rings is 1. The van der Waals surface area contributed by atoms with Gasteiger partial charge in [-0.3, -0.25) is 0 Å². The number of thiophene rings is 1. The summed E-state index contributed by atoms with van der Waals surface area (Å²) in [6.07, 6.45) is 2.64. The van der Waals surface area contributed by atoms with Crippen LogP contribution in [-0.2, 0) is 6.42 Å². The molecule has 96 valence electrons. The number of hydrogen-bond donors (Lipinski definition) is 1. The van der Waals surface area contributed by atoms with Gasteiger partial charge >= 0.3 is 0 Å². The molecule has 0 saturated carbocycles. The molecule has 0 radical (unpaired) electrons. The molecule has 0 aliphatic heterocycles. The molecule has 0 aliphatic carbocycles. The maximum Gasteiger partial charge on any atom is 0.137 e. The number of aromatic nitrogens is 2. The van der Waals surface area contributed by atoms with Crippen molar-refractivity contribution in [2.24, 2.45) is 5.73 Å². The summed E-state index contributed by atoms with van der Waals surface area (Å²) in [4.78, 5) is 6.34.